The van der Waals surface area contributed by atoms with Gasteiger partial charge < -0.3 is 10.8 Å². The minimum atomic E-state index is -0.581. The summed E-state index contributed by atoms with van der Waals surface area (Å²) in [6, 6.07) is 2.68. The molecule has 0 aliphatic heterocycles. The van der Waals surface area contributed by atoms with E-state index in [2.05, 4.69) is 0 Å². The van der Waals surface area contributed by atoms with E-state index in [1.54, 1.807) is 19.1 Å². The Bertz CT molecular complexity index is 370. The zero-order valence-electron chi connectivity index (χ0n) is 8.66. The smallest absolute Gasteiger partial charge is 0.182 e. The molecule has 3 nitrogen and oxygen atoms in total. The number of aryl methyl sites for hydroxylation is 2. The van der Waals surface area contributed by atoms with Gasteiger partial charge in [-0.2, -0.15) is 0 Å². The summed E-state index contributed by atoms with van der Waals surface area (Å²) in [5, 5.41) is 9.56. The standard InChI is InChI=1S/C11H15NO2/c1-6-4-9(11(14)8(3)12)10(13)5-7(6)2/h4-5,8,13H,12H2,1-3H3. The lowest BCUT2D eigenvalue weighted by molar-refractivity contribution is 0.0965. The summed E-state index contributed by atoms with van der Waals surface area (Å²) in [6.07, 6.45) is 0. The highest BCUT2D eigenvalue weighted by atomic mass is 16.3. The lowest BCUT2D eigenvalue weighted by atomic mass is 9.99. The Morgan fingerprint density at radius 1 is 1.36 bits per heavy atom. The predicted molar refractivity (Wildman–Crippen MR) is 55.6 cm³/mol. The monoisotopic (exact) mass is 193 g/mol. The van der Waals surface area contributed by atoms with Gasteiger partial charge in [-0.1, -0.05) is 0 Å². The molecule has 1 atom stereocenters. The number of rotatable bonds is 2. The summed E-state index contributed by atoms with van der Waals surface area (Å²) in [5.74, 6) is -0.221. The number of phenols is 1. The minimum absolute atomic E-state index is 0.00963. The number of hydrogen-bond acceptors (Lipinski definition) is 3. The first-order chi connectivity index (χ1) is 6.43. The quantitative estimate of drug-likeness (QED) is 0.700. The van der Waals surface area contributed by atoms with Crippen molar-refractivity contribution in [3.63, 3.8) is 0 Å². The molecule has 3 N–H and O–H groups in total. The molecular weight excluding hydrogens is 178 g/mol. The van der Waals surface area contributed by atoms with Crippen molar-refractivity contribution in [2.75, 3.05) is 0 Å². The maximum Gasteiger partial charge on any atom is 0.182 e. The van der Waals surface area contributed by atoms with Crippen LogP contribution in [-0.4, -0.2) is 16.9 Å². The van der Waals surface area contributed by atoms with Crippen LogP contribution in [0.1, 0.15) is 28.4 Å². The van der Waals surface area contributed by atoms with Gasteiger partial charge >= 0.3 is 0 Å². The Balaban J connectivity index is 3.22. The zero-order chi connectivity index (χ0) is 10.9. The SMILES string of the molecule is Cc1cc(O)c(C(=O)C(C)N)cc1C. The van der Waals surface area contributed by atoms with Crippen molar-refractivity contribution in [2.45, 2.75) is 26.8 Å². The van der Waals surface area contributed by atoms with Crippen LogP contribution >= 0.6 is 0 Å². The fourth-order valence-electron chi connectivity index (χ4n) is 1.24. The van der Waals surface area contributed by atoms with E-state index < -0.39 is 6.04 Å². The van der Waals surface area contributed by atoms with Gasteiger partial charge in [-0.3, -0.25) is 4.79 Å². The highest BCUT2D eigenvalue weighted by Gasteiger charge is 2.15. The molecule has 0 radical (unpaired) electrons. The molecule has 0 saturated heterocycles. The molecule has 1 aromatic rings. The van der Waals surface area contributed by atoms with E-state index in [9.17, 15) is 9.90 Å². The van der Waals surface area contributed by atoms with E-state index in [0.29, 0.717) is 5.56 Å². The Morgan fingerprint density at radius 2 is 1.86 bits per heavy atom. The van der Waals surface area contributed by atoms with Crippen molar-refractivity contribution in [1.29, 1.82) is 0 Å². The minimum Gasteiger partial charge on any atom is -0.507 e. The van der Waals surface area contributed by atoms with Crippen LogP contribution in [0.2, 0.25) is 0 Å². The number of carbonyl (C=O) groups is 1. The fraction of sp³-hybridized carbons (Fsp3) is 0.364. The largest absolute Gasteiger partial charge is 0.507 e. The van der Waals surface area contributed by atoms with E-state index in [-0.39, 0.29) is 11.5 Å². The summed E-state index contributed by atoms with van der Waals surface area (Å²) in [7, 11) is 0. The molecule has 1 unspecified atom stereocenters. The van der Waals surface area contributed by atoms with Crippen LogP contribution in [-0.2, 0) is 0 Å². The average molecular weight is 193 g/mol. The van der Waals surface area contributed by atoms with E-state index in [1.807, 2.05) is 13.8 Å². The van der Waals surface area contributed by atoms with Gasteiger partial charge in [0, 0.05) is 0 Å². The number of benzene rings is 1. The molecule has 0 amide bonds. The molecule has 14 heavy (non-hydrogen) atoms. The zero-order valence-corrected chi connectivity index (χ0v) is 8.66. The van der Waals surface area contributed by atoms with Crippen LogP contribution in [0, 0.1) is 13.8 Å². The second kappa shape index (κ2) is 3.80. The van der Waals surface area contributed by atoms with E-state index >= 15 is 0 Å². The van der Waals surface area contributed by atoms with Crippen molar-refractivity contribution < 1.29 is 9.90 Å². The summed E-state index contributed by atoms with van der Waals surface area (Å²) in [4.78, 5) is 11.5. The lowest BCUT2D eigenvalue weighted by Gasteiger charge is -2.09. The van der Waals surface area contributed by atoms with Gasteiger partial charge in [-0.15, -0.1) is 0 Å². The van der Waals surface area contributed by atoms with Crippen molar-refractivity contribution in [3.8, 4) is 5.75 Å². The Labute approximate surface area is 83.6 Å². The highest BCUT2D eigenvalue weighted by Crippen LogP contribution is 2.22. The first-order valence-electron chi connectivity index (χ1n) is 4.53. The Hall–Kier alpha value is -1.35. The molecule has 0 fully saturated rings. The molecule has 76 valence electrons. The van der Waals surface area contributed by atoms with Crippen molar-refractivity contribution >= 4 is 5.78 Å². The molecule has 1 aromatic carbocycles. The first kappa shape index (κ1) is 10.7. The number of hydrogen-bond donors (Lipinski definition) is 2. The molecule has 0 aliphatic rings. The summed E-state index contributed by atoms with van der Waals surface area (Å²) >= 11 is 0. The number of nitrogens with two attached hydrogens (primary N) is 1. The molecule has 3 heteroatoms. The molecule has 0 bridgehead atoms. The lowest BCUT2D eigenvalue weighted by Crippen LogP contribution is -2.26. The maximum atomic E-state index is 11.5. The Morgan fingerprint density at radius 3 is 2.36 bits per heavy atom. The Kier molecular flexibility index (Phi) is 2.91. The van der Waals surface area contributed by atoms with Crippen LogP contribution < -0.4 is 5.73 Å². The van der Waals surface area contributed by atoms with Gasteiger partial charge in [0.2, 0.25) is 0 Å². The normalized spacial score (nSPS) is 12.6. The van der Waals surface area contributed by atoms with Gasteiger partial charge in [-0.25, -0.2) is 0 Å². The van der Waals surface area contributed by atoms with Crippen LogP contribution in [0.25, 0.3) is 0 Å². The molecule has 0 aliphatic carbocycles. The number of carbonyl (C=O) groups excluding carboxylic acids is 1. The second-order valence-corrected chi connectivity index (χ2v) is 3.61. The summed E-state index contributed by atoms with van der Waals surface area (Å²) in [5.41, 5.74) is 7.71. The highest BCUT2D eigenvalue weighted by molar-refractivity contribution is 6.02. The third-order valence-electron chi connectivity index (χ3n) is 2.29. The summed E-state index contributed by atoms with van der Waals surface area (Å²) in [6.45, 7) is 5.39. The van der Waals surface area contributed by atoms with Crippen molar-refractivity contribution in [1.82, 2.24) is 0 Å². The van der Waals surface area contributed by atoms with Gasteiger partial charge in [0.1, 0.15) is 5.75 Å². The first-order valence-corrected chi connectivity index (χ1v) is 4.53. The van der Waals surface area contributed by atoms with E-state index in [1.165, 1.54) is 0 Å². The molecular formula is C11H15NO2. The molecule has 0 aromatic heterocycles. The maximum absolute atomic E-state index is 11.5. The van der Waals surface area contributed by atoms with Crippen LogP contribution in [0.4, 0.5) is 0 Å². The van der Waals surface area contributed by atoms with Gasteiger partial charge in [0.15, 0.2) is 5.78 Å². The fourth-order valence-corrected chi connectivity index (χ4v) is 1.24. The van der Waals surface area contributed by atoms with Gasteiger partial charge in [0.25, 0.3) is 0 Å². The van der Waals surface area contributed by atoms with Gasteiger partial charge in [-0.05, 0) is 44.0 Å². The number of aromatic hydroxyl groups is 1. The molecule has 0 spiro atoms. The topological polar surface area (TPSA) is 63.3 Å². The molecule has 0 saturated carbocycles. The number of ketones is 1. The van der Waals surface area contributed by atoms with E-state index in [4.69, 9.17) is 5.73 Å². The average Bonchev–Trinajstić information content (AvgIpc) is 2.10. The van der Waals surface area contributed by atoms with Crippen LogP contribution in [0.5, 0.6) is 5.75 Å². The van der Waals surface area contributed by atoms with Gasteiger partial charge in [0.05, 0.1) is 11.6 Å². The third kappa shape index (κ3) is 1.93. The summed E-state index contributed by atoms with van der Waals surface area (Å²) < 4.78 is 0. The van der Waals surface area contributed by atoms with Crippen molar-refractivity contribution in [3.05, 3.63) is 28.8 Å². The van der Waals surface area contributed by atoms with Crippen molar-refractivity contribution in [2.24, 2.45) is 5.73 Å². The second-order valence-electron chi connectivity index (χ2n) is 3.61. The third-order valence-corrected chi connectivity index (χ3v) is 2.29. The predicted octanol–water partition coefficient (Wildman–Crippen LogP) is 1.54. The van der Waals surface area contributed by atoms with Crippen LogP contribution in [0.3, 0.4) is 0 Å². The van der Waals surface area contributed by atoms with Crippen LogP contribution in [0.15, 0.2) is 12.1 Å². The van der Waals surface area contributed by atoms with E-state index in [0.717, 1.165) is 11.1 Å². The molecule has 1 rings (SSSR count). The number of phenolic OH excluding ortho intramolecular Hbond substituents is 1. The molecule has 0 heterocycles. The number of Topliss-reactive ketones (excluding diaryl/α,β-unsaturated/α-hetero) is 1.